The van der Waals surface area contributed by atoms with Gasteiger partial charge < -0.3 is 9.64 Å². The van der Waals surface area contributed by atoms with Crippen molar-refractivity contribution in [3.05, 3.63) is 52.4 Å². The van der Waals surface area contributed by atoms with E-state index in [2.05, 4.69) is 14.4 Å². The monoisotopic (exact) mass is 582 g/mol. The van der Waals surface area contributed by atoms with Crippen LogP contribution < -0.4 is 14.4 Å². The topological polar surface area (TPSA) is 74.8 Å². The van der Waals surface area contributed by atoms with Crippen LogP contribution in [0.1, 0.15) is 57.5 Å². The van der Waals surface area contributed by atoms with E-state index in [9.17, 15) is 26.6 Å². The molecule has 1 unspecified atom stereocenters. The normalized spacial score (nSPS) is 14.6. The minimum absolute atomic E-state index is 0.214. The first kappa shape index (κ1) is 33.6. The molecular weight excluding hydrogens is 548 g/mol. The summed E-state index contributed by atoms with van der Waals surface area (Å²) < 4.78 is 69.3. The van der Waals surface area contributed by atoms with Crippen LogP contribution in [0.2, 0.25) is 5.02 Å². The van der Waals surface area contributed by atoms with Crippen molar-refractivity contribution >= 4 is 34.3 Å². The van der Waals surface area contributed by atoms with Crippen LogP contribution in [0.3, 0.4) is 0 Å². The fraction of sp³-hybridized carbons (Fsp3) is 0.520. The third-order valence-corrected chi connectivity index (χ3v) is 6.64. The zero-order valence-electron chi connectivity index (χ0n) is 22.4. The first-order chi connectivity index (χ1) is 17.9. The lowest BCUT2D eigenvalue weighted by atomic mass is 10.1. The third kappa shape index (κ3) is 10.4. The lowest BCUT2D eigenvalue weighted by molar-refractivity contribution is -0.274. The van der Waals surface area contributed by atoms with E-state index >= 15 is 0 Å². The van der Waals surface area contributed by atoms with Gasteiger partial charge >= 0.3 is 6.36 Å². The molecule has 0 radical (unpaired) electrons. The number of nitrogens with one attached hydrogen (secondary N) is 1. The Balaban J connectivity index is 0.00000172. The minimum Gasteiger partial charge on any atom is -0.404 e. The number of rotatable bonds is 7. The number of ether oxygens (including phenoxy) is 1. The molecule has 0 saturated carbocycles. The molecule has 1 atom stereocenters. The molecule has 1 amide bonds. The van der Waals surface area contributed by atoms with Crippen molar-refractivity contribution in [2.75, 3.05) is 31.1 Å². The van der Waals surface area contributed by atoms with Gasteiger partial charge in [-0.1, -0.05) is 39.3 Å². The van der Waals surface area contributed by atoms with E-state index in [-0.39, 0.29) is 21.6 Å². The summed E-state index contributed by atoms with van der Waals surface area (Å²) in [6.07, 6.45) is -3.75. The number of pyridine rings is 1. The largest absolute Gasteiger partial charge is 0.573 e. The van der Waals surface area contributed by atoms with Crippen LogP contribution in [-0.4, -0.2) is 57.8 Å². The molecule has 1 aliphatic heterocycles. The lowest BCUT2D eigenvalue weighted by Crippen LogP contribution is -2.46. The highest BCUT2D eigenvalue weighted by atomic mass is 35.5. The van der Waals surface area contributed by atoms with Gasteiger partial charge in [0.15, 0.2) is 0 Å². The molecule has 1 aromatic heterocycles. The molecule has 0 bridgehead atoms. The first-order valence-electron chi connectivity index (χ1n) is 12.3. The molecule has 38 heavy (non-hydrogen) atoms. The fourth-order valence-corrected chi connectivity index (χ4v) is 4.03. The fourth-order valence-electron chi connectivity index (χ4n) is 3.28. The number of carbonyl (C=O) groups excluding carboxylic acids is 1. The van der Waals surface area contributed by atoms with Gasteiger partial charge in [-0.25, -0.2) is 13.6 Å². The summed E-state index contributed by atoms with van der Waals surface area (Å²) in [5.41, 5.74) is 0.220. The Morgan fingerprint density at radius 3 is 2.24 bits per heavy atom. The van der Waals surface area contributed by atoms with Crippen molar-refractivity contribution < 1.29 is 31.3 Å². The van der Waals surface area contributed by atoms with Crippen LogP contribution in [-0.2, 0) is 17.5 Å². The Labute approximate surface area is 229 Å². The number of anilines is 1. The lowest BCUT2D eigenvalue weighted by Gasteiger charge is -2.35. The number of nitrogens with zero attached hydrogens (tertiary/aromatic N) is 3. The Hall–Kier alpha value is -2.44. The zero-order chi connectivity index (χ0) is 29.0. The maximum atomic E-state index is 14.6. The third-order valence-electron chi connectivity index (χ3n) is 5.05. The standard InChI is InChI=1S/C21H23ClF4N4O3S.2C2H6/c1-13(2)34(32)28-20(31)16-10-17(22)14(9-18(16)23)12-29-5-7-30(8-6-29)19-4-3-15(11-27-19)33-21(24,25)26;2*1-2/h3-4,9-11,13H,5-8,12H2,1-2H3,(H,28,31);2*1-2H3. The maximum Gasteiger partial charge on any atom is 0.573 e. The van der Waals surface area contributed by atoms with Crippen LogP contribution in [0, 0.1) is 5.82 Å². The molecule has 214 valence electrons. The molecule has 1 saturated heterocycles. The summed E-state index contributed by atoms with van der Waals surface area (Å²) in [6.45, 7) is 13.9. The van der Waals surface area contributed by atoms with E-state index in [1.54, 1.807) is 13.8 Å². The summed E-state index contributed by atoms with van der Waals surface area (Å²) in [4.78, 5) is 20.2. The van der Waals surface area contributed by atoms with Gasteiger partial charge in [-0.15, -0.1) is 13.2 Å². The number of carbonyl (C=O) groups is 1. The van der Waals surface area contributed by atoms with Crippen LogP contribution >= 0.6 is 11.6 Å². The molecule has 1 N–H and O–H groups in total. The predicted octanol–water partition coefficient (Wildman–Crippen LogP) is 5.95. The quantitative estimate of drug-likeness (QED) is 0.407. The molecule has 13 heteroatoms. The number of hydrogen-bond donors (Lipinski definition) is 1. The van der Waals surface area contributed by atoms with Crippen molar-refractivity contribution in [3.63, 3.8) is 0 Å². The Morgan fingerprint density at radius 2 is 1.74 bits per heavy atom. The maximum absolute atomic E-state index is 14.6. The predicted molar refractivity (Wildman–Crippen MR) is 143 cm³/mol. The van der Waals surface area contributed by atoms with E-state index in [0.29, 0.717) is 44.1 Å². The van der Waals surface area contributed by atoms with Gasteiger partial charge in [0.25, 0.3) is 5.91 Å². The Kier molecular flexibility index (Phi) is 14.0. The summed E-state index contributed by atoms with van der Waals surface area (Å²) >= 11 is 6.29. The number of aromatic nitrogens is 1. The van der Waals surface area contributed by atoms with Gasteiger partial charge in [-0.05, 0) is 43.7 Å². The average Bonchev–Trinajstić information content (AvgIpc) is 2.88. The highest BCUT2D eigenvalue weighted by Gasteiger charge is 2.31. The number of piperazine rings is 1. The van der Waals surface area contributed by atoms with Gasteiger partial charge in [-0.3, -0.25) is 14.4 Å². The zero-order valence-corrected chi connectivity index (χ0v) is 23.9. The number of hydrogen-bond acceptors (Lipinski definition) is 6. The summed E-state index contributed by atoms with van der Waals surface area (Å²) in [5, 5.41) is -0.104. The smallest absolute Gasteiger partial charge is 0.404 e. The van der Waals surface area contributed by atoms with E-state index < -0.39 is 29.1 Å². The number of amides is 1. The number of halogens is 5. The molecule has 1 aromatic carbocycles. The summed E-state index contributed by atoms with van der Waals surface area (Å²) in [6, 6.07) is 5.09. The van der Waals surface area contributed by atoms with Crippen LogP contribution in [0.15, 0.2) is 30.5 Å². The SMILES string of the molecule is CC.CC.CC(C)S(=O)NC(=O)c1cc(Cl)c(CN2CCN(c3ccc(OC(F)(F)F)cn3)CC2)cc1F. The Morgan fingerprint density at radius 1 is 1.13 bits per heavy atom. The number of benzene rings is 1. The van der Waals surface area contributed by atoms with Crippen molar-refractivity contribution in [2.24, 2.45) is 0 Å². The molecule has 0 spiro atoms. The molecule has 0 aliphatic carbocycles. The van der Waals surface area contributed by atoms with Crippen molar-refractivity contribution in [2.45, 2.75) is 59.7 Å². The van der Waals surface area contributed by atoms with Crippen LogP contribution in [0.25, 0.3) is 0 Å². The van der Waals surface area contributed by atoms with E-state index in [0.717, 1.165) is 6.20 Å². The highest BCUT2D eigenvalue weighted by molar-refractivity contribution is 7.84. The summed E-state index contributed by atoms with van der Waals surface area (Å²) in [7, 11) is -1.64. The van der Waals surface area contributed by atoms with Crippen molar-refractivity contribution in [3.8, 4) is 5.75 Å². The molecule has 1 fully saturated rings. The molecule has 2 heterocycles. The van der Waals surface area contributed by atoms with E-state index in [1.165, 1.54) is 24.3 Å². The van der Waals surface area contributed by atoms with Gasteiger partial charge in [0, 0.05) is 43.0 Å². The van der Waals surface area contributed by atoms with Gasteiger partial charge in [0.05, 0.1) is 11.8 Å². The van der Waals surface area contributed by atoms with Crippen molar-refractivity contribution in [1.82, 2.24) is 14.6 Å². The first-order valence-corrected chi connectivity index (χ1v) is 13.9. The Bertz CT molecular complexity index is 1050. The van der Waals surface area contributed by atoms with Crippen LogP contribution in [0.5, 0.6) is 5.75 Å². The molecule has 2 aromatic rings. The van der Waals surface area contributed by atoms with Gasteiger partial charge in [0.1, 0.15) is 28.4 Å². The second-order valence-electron chi connectivity index (χ2n) is 7.86. The molecular formula is C25H35ClF4N4O3S. The van der Waals surface area contributed by atoms with Crippen molar-refractivity contribution in [1.29, 1.82) is 0 Å². The molecule has 1 aliphatic rings. The van der Waals surface area contributed by atoms with Crippen LogP contribution in [0.4, 0.5) is 23.4 Å². The van der Waals surface area contributed by atoms with Gasteiger partial charge in [0.2, 0.25) is 0 Å². The van der Waals surface area contributed by atoms with E-state index in [1.807, 2.05) is 37.5 Å². The summed E-state index contributed by atoms with van der Waals surface area (Å²) in [5.74, 6) is -1.43. The minimum atomic E-state index is -4.77. The molecule has 7 nitrogen and oxygen atoms in total. The van der Waals surface area contributed by atoms with Gasteiger partial charge in [-0.2, -0.15) is 0 Å². The average molecular weight is 583 g/mol. The molecule has 3 rings (SSSR count). The van der Waals surface area contributed by atoms with E-state index in [4.69, 9.17) is 11.6 Å². The highest BCUT2D eigenvalue weighted by Crippen LogP contribution is 2.26. The number of alkyl halides is 3. The second kappa shape index (κ2) is 15.8. The second-order valence-corrected chi connectivity index (χ2v) is 10.0.